The molecule has 0 spiro atoms. The number of hydrogen-bond acceptors (Lipinski definition) is 2. The molecule has 0 rings (SSSR count). The van der Waals surface area contributed by atoms with E-state index in [1.165, 1.54) is 6.92 Å². The third-order valence-corrected chi connectivity index (χ3v) is 0.688. The zero-order valence-electron chi connectivity index (χ0n) is 4.42. The molecule has 0 aromatic heterocycles. The zero-order valence-corrected chi connectivity index (χ0v) is 4.42. The van der Waals surface area contributed by atoms with E-state index >= 15 is 0 Å². The first-order valence-electron chi connectivity index (χ1n) is 2.11. The van der Waals surface area contributed by atoms with Crippen LogP contribution in [0.4, 0.5) is 0 Å². The van der Waals surface area contributed by atoms with E-state index in [1.54, 1.807) is 0 Å². The molecule has 0 saturated heterocycles. The molecule has 1 amide bonds. The monoisotopic (exact) mass is 189 g/mol. The average molecular weight is 189 g/mol. The number of amides is 1. The van der Waals surface area contributed by atoms with Gasteiger partial charge in [-0.15, -0.1) is 0 Å². The topological polar surface area (TPSA) is 66.4 Å². The molecule has 11 heavy (non-hydrogen) atoms. The molecule has 2 N–H and O–H groups in total. The number of carboxylic acid groups (broad SMARTS) is 1. The van der Waals surface area contributed by atoms with E-state index in [1.807, 2.05) is 0 Å². The first-order chi connectivity index (χ1) is 3.68. The maximum absolute atomic E-state index is 9.87. The molecule has 0 heterocycles. The number of carboxylic acids is 1. The summed E-state index contributed by atoms with van der Waals surface area (Å²) in [5, 5.41) is 10.2. The van der Waals surface area contributed by atoms with Crippen LogP contribution >= 0.6 is 0 Å². The Morgan fingerprint density at radius 1 is 1.45 bits per heavy atom. The predicted molar refractivity (Wildman–Crippen MR) is 47.7 cm³/mol. The van der Waals surface area contributed by atoms with Crippen LogP contribution in [-0.4, -0.2) is 112 Å². The van der Waals surface area contributed by atoms with E-state index in [2.05, 4.69) is 5.32 Å². The molecule has 1 atom stereocenters. The summed E-state index contributed by atoms with van der Waals surface area (Å²) in [5.41, 5.74) is 0. The summed E-state index contributed by atoms with van der Waals surface area (Å²) >= 11 is 0. The van der Waals surface area contributed by atoms with Crippen molar-refractivity contribution < 1.29 is 14.7 Å². The number of rotatable bonds is 3. The van der Waals surface area contributed by atoms with Crippen molar-refractivity contribution in [2.24, 2.45) is 0 Å². The number of aliphatic carboxylic acids is 1. The molecule has 0 fully saturated rings. The van der Waals surface area contributed by atoms with E-state index < -0.39 is 12.0 Å². The second kappa shape index (κ2) is 14.5. The van der Waals surface area contributed by atoms with Crippen molar-refractivity contribution in [3.8, 4) is 0 Å². The maximum atomic E-state index is 9.87. The van der Waals surface area contributed by atoms with Gasteiger partial charge in [0.2, 0.25) is 6.41 Å². The van der Waals surface area contributed by atoms with E-state index in [9.17, 15) is 9.59 Å². The first kappa shape index (κ1) is 23.1. The van der Waals surface area contributed by atoms with Crippen molar-refractivity contribution >= 4 is 101 Å². The molecule has 0 bridgehead atoms. The average Bonchev–Trinajstić information content (AvgIpc) is 1.67. The fourth-order valence-electron chi connectivity index (χ4n) is 0.173. The van der Waals surface area contributed by atoms with Crippen LogP contribution in [0.1, 0.15) is 6.92 Å². The molecule has 7 heteroatoms. The van der Waals surface area contributed by atoms with Crippen LogP contribution in [0.5, 0.6) is 0 Å². The van der Waals surface area contributed by atoms with E-state index in [-0.39, 0.29) is 88.7 Å². The van der Waals surface area contributed by atoms with Gasteiger partial charge >= 0.3 is 94.6 Å². The van der Waals surface area contributed by atoms with Crippen molar-refractivity contribution in [1.29, 1.82) is 0 Å². The zero-order chi connectivity index (χ0) is 6.57. The molecule has 4 nitrogen and oxygen atoms in total. The van der Waals surface area contributed by atoms with Gasteiger partial charge in [0.15, 0.2) is 0 Å². The Balaban J connectivity index is -0.0000000817. The standard InChI is InChI=1S/C4H7NO3.3Na.3H/c1-3(4(7)8)5-2-6;;;;;;/h2-3H,1H3,(H,5,6)(H,7,8);;;;;;/t3-;;;;;;/m0....../s1. The second-order valence-corrected chi connectivity index (χ2v) is 1.34. The van der Waals surface area contributed by atoms with Crippen molar-refractivity contribution in [2.75, 3.05) is 0 Å². The van der Waals surface area contributed by atoms with Gasteiger partial charge < -0.3 is 10.4 Å². The summed E-state index contributed by atoms with van der Waals surface area (Å²) < 4.78 is 0. The van der Waals surface area contributed by atoms with Crippen molar-refractivity contribution in [3.63, 3.8) is 0 Å². The molecule has 0 aliphatic heterocycles. The summed E-state index contributed by atoms with van der Waals surface area (Å²) in [5.74, 6) is -1.03. The van der Waals surface area contributed by atoms with Gasteiger partial charge in [-0.25, -0.2) is 0 Å². The summed E-state index contributed by atoms with van der Waals surface area (Å²) in [7, 11) is 0. The van der Waals surface area contributed by atoms with Crippen LogP contribution in [0.3, 0.4) is 0 Å². The molecule has 0 unspecified atom stereocenters. The van der Waals surface area contributed by atoms with E-state index in [0.717, 1.165) is 0 Å². The van der Waals surface area contributed by atoms with Crippen molar-refractivity contribution in [1.82, 2.24) is 5.32 Å². The normalized spacial score (nSPS) is 8.82. The Kier molecular flexibility index (Phi) is 30.3. The van der Waals surface area contributed by atoms with Crippen LogP contribution in [0.2, 0.25) is 0 Å². The summed E-state index contributed by atoms with van der Waals surface area (Å²) in [4.78, 5) is 19.4. The number of carbonyl (C=O) groups is 2. The molecular weight excluding hydrogens is 179 g/mol. The van der Waals surface area contributed by atoms with Gasteiger partial charge in [-0.3, -0.25) is 9.59 Å². The quantitative estimate of drug-likeness (QED) is 0.374. The summed E-state index contributed by atoms with van der Waals surface area (Å²) in [6.07, 6.45) is 0.360. The van der Waals surface area contributed by atoms with Gasteiger partial charge in [0, 0.05) is 0 Å². The van der Waals surface area contributed by atoms with Gasteiger partial charge in [0.1, 0.15) is 6.04 Å². The molecule has 0 aliphatic rings. The first-order valence-corrected chi connectivity index (χ1v) is 2.11. The third-order valence-electron chi connectivity index (χ3n) is 0.688. The fraction of sp³-hybridized carbons (Fsp3) is 0.500. The van der Waals surface area contributed by atoms with Crippen LogP contribution in [0, 0.1) is 0 Å². The molecular formula is C4H10NNa3O3. The molecule has 0 saturated carbocycles. The fourth-order valence-corrected chi connectivity index (χ4v) is 0.173. The molecule has 0 aromatic carbocycles. The molecule has 0 aromatic rings. The van der Waals surface area contributed by atoms with Gasteiger partial charge in [0.25, 0.3) is 0 Å². The van der Waals surface area contributed by atoms with Crippen LogP contribution < -0.4 is 5.32 Å². The minimum atomic E-state index is -1.03. The third kappa shape index (κ3) is 14.8. The van der Waals surface area contributed by atoms with Crippen LogP contribution in [-0.2, 0) is 9.59 Å². The minimum absolute atomic E-state index is 0. The Morgan fingerprint density at radius 2 is 1.82 bits per heavy atom. The summed E-state index contributed by atoms with van der Waals surface area (Å²) in [6.45, 7) is 1.39. The number of nitrogens with one attached hydrogen (secondary N) is 1. The summed E-state index contributed by atoms with van der Waals surface area (Å²) in [6, 6.07) is -0.785. The van der Waals surface area contributed by atoms with Gasteiger partial charge in [-0.05, 0) is 6.92 Å². The Labute approximate surface area is 132 Å². The van der Waals surface area contributed by atoms with Crippen LogP contribution in [0.15, 0.2) is 0 Å². The van der Waals surface area contributed by atoms with Crippen LogP contribution in [0.25, 0.3) is 0 Å². The number of carbonyl (C=O) groups excluding carboxylic acids is 1. The Hall–Kier alpha value is 1.94. The van der Waals surface area contributed by atoms with Gasteiger partial charge in [0.05, 0.1) is 0 Å². The van der Waals surface area contributed by atoms with Gasteiger partial charge in [-0.2, -0.15) is 0 Å². The van der Waals surface area contributed by atoms with E-state index in [4.69, 9.17) is 5.11 Å². The number of hydrogen-bond donors (Lipinski definition) is 2. The predicted octanol–water partition coefficient (Wildman–Crippen LogP) is -2.74. The van der Waals surface area contributed by atoms with Crippen molar-refractivity contribution in [2.45, 2.75) is 13.0 Å². The Morgan fingerprint density at radius 3 is 1.91 bits per heavy atom. The second-order valence-electron chi connectivity index (χ2n) is 1.34. The van der Waals surface area contributed by atoms with Crippen molar-refractivity contribution in [3.05, 3.63) is 0 Å². The SMILES string of the molecule is C[C@H](NC=O)C(=O)O.[NaH].[NaH].[NaH]. The van der Waals surface area contributed by atoms with E-state index in [0.29, 0.717) is 6.41 Å². The van der Waals surface area contributed by atoms with Gasteiger partial charge in [-0.1, -0.05) is 0 Å². The molecule has 52 valence electrons. The Bertz CT molecular complexity index is 111. The molecule has 0 aliphatic carbocycles. The molecule has 0 radical (unpaired) electrons.